The Kier molecular flexibility index (Phi) is 15.8. The number of hydrogen-bond donors (Lipinski definition) is 1. The van der Waals surface area contributed by atoms with E-state index in [-0.39, 0.29) is 18.3 Å². The fourth-order valence-electron chi connectivity index (χ4n) is 5.54. The molecule has 0 aromatic heterocycles. The number of aliphatic hydroxyl groups is 1. The molecule has 0 saturated carbocycles. The molecule has 2 atom stereocenters. The summed E-state index contributed by atoms with van der Waals surface area (Å²) in [6.07, 6.45) is 3.14. The van der Waals surface area contributed by atoms with Crippen LogP contribution in [-0.4, -0.2) is 64.4 Å². The Morgan fingerprint density at radius 3 is 1.51 bits per heavy atom. The van der Waals surface area contributed by atoms with Crippen molar-refractivity contribution in [3.8, 4) is 11.5 Å². The van der Waals surface area contributed by atoms with E-state index in [1.165, 1.54) is 11.1 Å². The third kappa shape index (κ3) is 13.5. The largest absolute Gasteiger partial charge is 0.456 e. The molecule has 0 radical (unpaired) electrons. The van der Waals surface area contributed by atoms with Gasteiger partial charge in [-0.2, -0.15) is 0 Å². The lowest BCUT2D eigenvalue weighted by atomic mass is 10.0. The Bertz CT molecular complexity index is 1920. The highest BCUT2D eigenvalue weighted by Gasteiger charge is 2.42. The zero-order chi connectivity index (χ0) is 40.7. The number of hydrogen-bond acceptors (Lipinski definition) is 10. The Morgan fingerprint density at radius 2 is 1.09 bits per heavy atom. The fraction of sp³-hybridized carbons (Fsp3) is 0.348. The number of carbonyl (C=O) groups excluding carboxylic acids is 2. The summed E-state index contributed by atoms with van der Waals surface area (Å²) in [4.78, 5) is 24.8. The maximum atomic E-state index is 13.0. The van der Waals surface area contributed by atoms with Crippen LogP contribution in [0.1, 0.15) is 55.9 Å². The molecule has 4 aromatic rings. The van der Waals surface area contributed by atoms with Crippen LogP contribution in [0.2, 0.25) is 18.1 Å². The number of ether oxygens (including phenoxy) is 6. The van der Waals surface area contributed by atoms with Gasteiger partial charge in [0.2, 0.25) is 0 Å². The minimum Gasteiger partial charge on any atom is -0.456 e. The maximum absolute atomic E-state index is 13.0. The molecule has 2 aliphatic rings. The highest BCUT2D eigenvalue weighted by atomic mass is 28.4. The van der Waals surface area contributed by atoms with Gasteiger partial charge in [0.25, 0.3) is 12.6 Å². The summed E-state index contributed by atoms with van der Waals surface area (Å²) in [5.41, 5.74) is 6.46. The Morgan fingerprint density at radius 1 is 0.649 bits per heavy atom. The summed E-state index contributed by atoms with van der Waals surface area (Å²) in [6, 6.07) is 33.8. The lowest BCUT2D eigenvalue weighted by Gasteiger charge is -2.38. The summed E-state index contributed by atoms with van der Waals surface area (Å²) in [5, 5.41) is 9.77. The van der Waals surface area contributed by atoms with Crippen molar-refractivity contribution in [1.82, 2.24) is 0 Å². The van der Waals surface area contributed by atoms with Gasteiger partial charge in [0.15, 0.2) is 8.32 Å². The smallest absolute Gasteiger partial charge is 0.376 e. The quantitative estimate of drug-likeness (QED) is 0.0753. The molecule has 0 aliphatic carbocycles. The Hall–Kier alpha value is -5.04. The van der Waals surface area contributed by atoms with Gasteiger partial charge < -0.3 is 38.0 Å². The first kappa shape index (κ1) is 43.1. The maximum Gasteiger partial charge on any atom is 0.376 e. The molecular weight excluding hydrogens is 741 g/mol. The zero-order valence-corrected chi connectivity index (χ0v) is 34.5. The van der Waals surface area contributed by atoms with Crippen molar-refractivity contribution in [3.63, 3.8) is 0 Å². The lowest BCUT2D eigenvalue weighted by molar-refractivity contribution is -0.170. The molecule has 302 valence electrons. The van der Waals surface area contributed by atoms with Crippen LogP contribution in [-0.2, 0) is 46.2 Å². The molecule has 2 aliphatic heterocycles. The first-order chi connectivity index (χ1) is 27.4. The Balaban J connectivity index is 0.000000224. The molecule has 4 aromatic carbocycles. The Labute approximate surface area is 337 Å². The van der Waals surface area contributed by atoms with Crippen molar-refractivity contribution in [1.29, 1.82) is 0 Å². The summed E-state index contributed by atoms with van der Waals surface area (Å²) < 4.78 is 38.9. The van der Waals surface area contributed by atoms with E-state index in [2.05, 4.69) is 46.0 Å². The molecule has 10 nitrogen and oxygen atoms in total. The van der Waals surface area contributed by atoms with Crippen LogP contribution in [0.5, 0.6) is 11.5 Å². The van der Waals surface area contributed by atoms with E-state index < -0.39 is 32.8 Å². The van der Waals surface area contributed by atoms with Crippen molar-refractivity contribution < 1.29 is 47.5 Å². The van der Waals surface area contributed by atoms with Crippen molar-refractivity contribution >= 4 is 31.4 Å². The van der Waals surface area contributed by atoms with E-state index in [9.17, 15) is 14.7 Å². The van der Waals surface area contributed by atoms with Gasteiger partial charge in [0.1, 0.15) is 24.7 Å². The van der Waals surface area contributed by atoms with E-state index >= 15 is 0 Å². The molecule has 1 N–H and O–H groups in total. The number of carbonyl (C=O) groups is 2. The summed E-state index contributed by atoms with van der Waals surface area (Å²) in [6.45, 7) is 13.6. The number of benzene rings is 4. The predicted octanol–water partition coefficient (Wildman–Crippen LogP) is 8.89. The average Bonchev–Trinajstić information content (AvgIpc) is 3.23. The van der Waals surface area contributed by atoms with Gasteiger partial charge in [-0.25, -0.2) is 9.59 Å². The summed E-state index contributed by atoms with van der Waals surface area (Å²) in [5.74, 6) is -0.364. The summed E-state index contributed by atoms with van der Waals surface area (Å²) >= 11 is 0. The van der Waals surface area contributed by atoms with E-state index in [4.69, 9.17) is 32.8 Å². The SMILES string of the molecule is CC(C)(C)[Si](C)(C)O[C@H](Oc1ccc(C2=CCOCC2)cc1)C(=O)OCc1ccccc1.O=C(OCc1ccccc1)[C@H](O)Oc1ccc(C2=CCOCC2)cc1. The third-order valence-corrected chi connectivity index (χ3v) is 14.3. The zero-order valence-electron chi connectivity index (χ0n) is 33.5. The first-order valence-corrected chi connectivity index (χ1v) is 22.1. The van der Waals surface area contributed by atoms with Crippen molar-refractivity contribution in [3.05, 3.63) is 144 Å². The molecule has 11 heteroatoms. The van der Waals surface area contributed by atoms with Crippen LogP contribution in [0.25, 0.3) is 11.1 Å². The minimum absolute atomic E-state index is 0.0757. The van der Waals surface area contributed by atoms with Gasteiger partial charge in [-0.15, -0.1) is 0 Å². The van der Waals surface area contributed by atoms with Crippen LogP contribution in [0.4, 0.5) is 0 Å². The number of esters is 2. The van der Waals surface area contributed by atoms with E-state index in [1.807, 2.05) is 97.1 Å². The molecule has 6 rings (SSSR count). The lowest BCUT2D eigenvalue weighted by Crippen LogP contribution is -2.48. The molecular formula is C46H54O10Si. The van der Waals surface area contributed by atoms with Crippen LogP contribution in [0.3, 0.4) is 0 Å². The molecule has 0 bridgehead atoms. The molecule has 0 unspecified atom stereocenters. The molecule has 0 saturated heterocycles. The monoisotopic (exact) mass is 794 g/mol. The second-order valence-electron chi connectivity index (χ2n) is 15.1. The molecule has 0 fully saturated rings. The van der Waals surface area contributed by atoms with E-state index in [1.54, 1.807) is 12.1 Å². The van der Waals surface area contributed by atoms with Gasteiger partial charge in [0, 0.05) is 0 Å². The first-order valence-electron chi connectivity index (χ1n) is 19.2. The second-order valence-corrected chi connectivity index (χ2v) is 19.9. The van der Waals surface area contributed by atoms with Crippen LogP contribution in [0, 0.1) is 0 Å². The van der Waals surface area contributed by atoms with Gasteiger partial charge in [-0.3, -0.25) is 0 Å². The topological polar surface area (TPSA) is 119 Å². The minimum atomic E-state index is -2.28. The number of rotatable bonds is 14. The highest BCUT2D eigenvalue weighted by molar-refractivity contribution is 6.74. The molecule has 57 heavy (non-hydrogen) atoms. The molecule has 2 heterocycles. The molecule has 0 amide bonds. The van der Waals surface area contributed by atoms with Crippen molar-refractivity contribution in [2.75, 3.05) is 26.4 Å². The highest BCUT2D eigenvalue weighted by Crippen LogP contribution is 2.38. The van der Waals surface area contributed by atoms with Gasteiger partial charge in [0.05, 0.1) is 26.4 Å². The van der Waals surface area contributed by atoms with Crippen LogP contribution >= 0.6 is 0 Å². The van der Waals surface area contributed by atoms with Gasteiger partial charge >= 0.3 is 11.9 Å². The van der Waals surface area contributed by atoms with Crippen LogP contribution < -0.4 is 9.47 Å². The number of aliphatic hydroxyl groups excluding tert-OH is 1. The summed E-state index contributed by atoms with van der Waals surface area (Å²) in [7, 11) is -2.28. The van der Waals surface area contributed by atoms with E-state index in [0.29, 0.717) is 24.7 Å². The normalized spacial score (nSPS) is 15.4. The average molecular weight is 795 g/mol. The predicted molar refractivity (Wildman–Crippen MR) is 222 cm³/mol. The van der Waals surface area contributed by atoms with Gasteiger partial charge in [-0.1, -0.05) is 118 Å². The fourth-order valence-corrected chi connectivity index (χ4v) is 6.57. The third-order valence-electron chi connectivity index (χ3n) is 9.92. The molecule has 0 spiro atoms. The van der Waals surface area contributed by atoms with E-state index in [0.717, 1.165) is 48.3 Å². The van der Waals surface area contributed by atoms with Crippen molar-refractivity contribution in [2.45, 2.75) is 77.5 Å². The standard InChI is InChI=1S/C26H34O5Si.C20H20O5/c1-26(2,3)32(4,5)31-25(24(27)29-19-20-9-7-6-8-10-20)30-23-13-11-21(12-14-23)22-15-17-28-18-16-22;21-19(24-14-15-4-2-1-3-5-15)20(22)25-18-8-6-16(7-9-18)17-10-12-23-13-11-17/h6-15,25H,16-19H2,1-5H3;1-10,20,22H,11-14H2/t25-;20-/m01/s1. The van der Waals surface area contributed by atoms with Crippen LogP contribution in [0.15, 0.2) is 121 Å². The van der Waals surface area contributed by atoms with Crippen molar-refractivity contribution in [2.24, 2.45) is 0 Å². The van der Waals surface area contributed by atoms with Gasteiger partial charge in [-0.05, 0) is 88.6 Å². The second kappa shape index (κ2) is 20.9.